The first-order valence-electron chi connectivity index (χ1n) is 13.1. The van der Waals surface area contributed by atoms with E-state index in [9.17, 15) is 9.46 Å². The van der Waals surface area contributed by atoms with Crippen molar-refractivity contribution in [3.05, 3.63) is 95.8 Å². The lowest BCUT2D eigenvalue weighted by Crippen LogP contribution is -2.41. The smallest absolute Gasteiger partial charge is 0.463 e. The molecule has 3 N–H and O–H groups in total. The van der Waals surface area contributed by atoms with Crippen LogP contribution in [-0.2, 0) is 13.6 Å². The van der Waals surface area contributed by atoms with Gasteiger partial charge in [0.15, 0.2) is 0 Å². The number of aromatic nitrogens is 1. The number of benzene rings is 1. The number of nitrogen functional groups attached to an aromatic ring is 1. The molecule has 2 aromatic rings. The van der Waals surface area contributed by atoms with Gasteiger partial charge in [0, 0.05) is 11.8 Å². The molecule has 204 valence electrons. The summed E-state index contributed by atoms with van der Waals surface area (Å²) in [6.07, 6.45) is 13.6. The molecule has 0 saturated heterocycles. The molecule has 1 aromatic heterocycles. The van der Waals surface area contributed by atoms with Crippen LogP contribution < -0.4 is 10.5 Å². The number of rotatable bonds is 7. The molecule has 3 aliphatic rings. The molecule has 9 heteroatoms. The van der Waals surface area contributed by atoms with Crippen LogP contribution in [0.1, 0.15) is 56.6 Å². The summed E-state index contributed by atoms with van der Waals surface area (Å²) in [5, 5.41) is 0. The number of pyridine rings is 1. The second-order valence-corrected chi connectivity index (χ2v) is 12.0. The molecule has 1 aliphatic heterocycles. The van der Waals surface area contributed by atoms with Crippen LogP contribution in [0.5, 0.6) is 5.88 Å². The summed E-state index contributed by atoms with van der Waals surface area (Å²) in [6, 6.07) is 10.1. The number of fused-ring (bicyclic) bond motifs is 1. The number of ether oxygens (including phenoxy) is 1. The largest absolute Gasteiger partial charge is 0.472 e. The third-order valence-electron chi connectivity index (χ3n) is 7.21. The van der Waals surface area contributed by atoms with Crippen LogP contribution in [-0.4, -0.2) is 33.9 Å². The Balaban J connectivity index is 1.17. The Hall–Kier alpha value is -3.29. The summed E-state index contributed by atoms with van der Waals surface area (Å²) < 4.78 is 29.5. The van der Waals surface area contributed by atoms with Crippen LogP contribution in [0, 0.1) is 0 Å². The van der Waals surface area contributed by atoms with E-state index in [0.29, 0.717) is 36.0 Å². The van der Waals surface area contributed by atoms with E-state index in [-0.39, 0.29) is 12.7 Å². The third-order valence-corrected chi connectivity index (χ3v) is 8.23. The van der Waals surface area contributed by atoms with E-state index in [2.05, 4.69) is 35.8 Å². The minimum absolute atomic E-state index is 0.00851. The average molecular weight is 548 g/mol. The number of phosphoric acid groups is 1. The lowest BCUT2D eigenvalue weighted by atomic mass is 9.82. The Kier molecular flexibility index (Phi) is 7.74. The number of phosphoric ester groups is 1. The van der Waals surface area contributed by atoms with Gasteiger partial charge in [0.1, 0.15) is 11.3 Å². The summed E-state index contributed by atoms with van der Waals surface area (Å²) in [5.41, 5.74) is 11.2. The SMILES string of the molecule is C=C1C=CC=C(COP(=O)(O)OC2CCC(c3ccc(C4=Nc5c(N)ccnc5OC4(C)C)cc3)CC2)C=C1. The molecule has 0 spiro atoms. The number of nitrogens with two attached hydrogens (primary N) is 1. The Morgan fingerprint density at radius 2 is 1.87 bits per heavy atom. The molecule has 5 rings (SSSR count). The minimum atomic E-state index is -4.17. The molecule has 2 aliphatic carbocycles. The minimum Gasteiger partial charge on any atom is -0.463 e. The highest BCUT2D eigenvalue weighted by molar-refractivity contribution is 7.47. The van der Waals surface area contributed by atoms with Gasteiger partial charge in [-0.05, 0) is 68.2 Å². The van der Waals surface area contributed by atoms with Crippen LogP contribution in [0.15, 0.2) is 89.6 Å². The molecule has 1 unspecified atom stereocenters. The number of allylic oxidation sites excluding steroid dienone is 5. The number of hydrogen-bond acceptors (Lipinski definition) is 7. The van der Waals surface area contributed by atoms with Gasteiger partial charge in [0.2, 0.25) is 5.88 Å². The van der Waals surface area contributed by atoms with Crippen LogP contribution in [0.3, 0.4) is 0 Å². The van der Waals surface area contributed by atoms with E-state index in [0.717, 1.165) is 35.3 Å². The maximum atomic E-state index is 12.6. The van der Waals surface area contributed by atoms with Crippen molar-refractivity contribution in [3.8, 4) is 5.88 Å². The van der Waals surface area contributed by atoms with E-state index in [4.69, 9.17) is 24.5 Å². The summed E-state index contributed by atoms with van der Waals surface area (Å²) in [5.74, 6) is 0.788. The van der Waals surface area contributed by atoms with Gasteiger partial charge in [-0.1, -0.05) is 61.2 Å². The van der Waals surface area contributed by atoms with Crippen molar-refractivity contribution in [2.75, 3.05) is 12.3 Å². The zero-order valence-electron chi connectivity index (χ0n) is 22.2. The standard InChI is InChI=1S/C30H34N3O5P/c1-20-5-4-6-21(8-7-20)19-36-39(34,35)38-25-15-13-23(14-16-25)22-9-11-24(12-10-22)28-30(2,3)37-29-27(33-28)26(31)17-18-32-29/h4-12,17-18,23,25H,1,13-16,19H2,2-3H3,(H2,31,32)(H,34,35). The molecule has 1 atom stereocenters. The fourth-order valence-corrected chi connectivity index (χ4v) is 6.05. The third kappa shape index (κ3) is 6.48. The quantitative estimate of drug-likeness (QED) is 0.370. The predicted molar refractivity (Wildman–Crippen MR) is 153 cm³/mol. The first-order chi connectivity index (χ1) is 18.6. The van der Waals surface area contributed by atoms with Crippen molar-refractivity contribution in [1.29, 1.82) is 0 Å². The van der Waals surface area contributed by atoms with Gasteiger partial charge in [0.25, 0.3) is 0 Å². The van der Waals surface area contributed by atoms with Gasteiger partial charge >= 0.3 is 7.82 Å². The molecule has 2 heterocycles. The summed E-state index contributed by atoms with van der Waals surface area (Å²) in [6.45, 7) is 7.80. The molecule has 1 saturated carbocycles. The van der Waals surface area contributed by atoms with Crippen molar-refractivity contribution in [1.82, 2.24) is 4.98 Å². The summed E-state index contributed by atoms with van der Waals surface area (Å²) >= 11 is 0. The molecule has 8 nitrogen and oxygen atoms in total. The van der Waals surface area contributed by atoms with Crippen LogP contribution in [0.4, 0.5) is 11.4 Å². The Bertz CT molecular complexity index is 1420. The molecular formula is C30H34N3O5P. The summed E-state index contributed by atoms with van der Waals surface area (Å²) in [4.78, 5) is 19.4. The van der Waals surface area contributed by atoms with E-state index in [1.165, 1.54) is 5.56 Å². The molecule has 39 heavy (non-hydrogen) atoms. The predicted octanol–water partition coefficient (Wildman–Crippen LogP) is 6.72. The normalized spacial score (nSPS) is 23.6. The molecule has 0 amide bonds. The van der Waals surface area contributed by atoms with Gasteiger partial charge in [-0.2, -0.15) is 0 Å². The molecule has 0 radical (unpaired) electrons. The van der Waals surface area contributed by atoms with E-state index < -0.39 is 13.4 Å². The maximum absolute atomic E-state index is 12.6. The van der Waals surface area contributed by atoms with Crippen molar-refractivity contribution in [2.24, 2.45) is 4.99 Å². The fourth-order valence-electron chi connectivity index (χ4n) is 5.09. The van der Waals surface area contributed by atoms with Gasteiger partial charge in [-0.15, -0.1) is 0 Å². The zero-order valence-corrected chi connectivity index (χ0v) is 23.1. The van der Waals surface area contributed by atoms with Crippen molar-refractivity contribution >= 4 is 24.9 Å². The highest BCUT2D eigenvalue weighted by Gasteiger charge is 2.35. The number of aliphatic imine (C=N–C) groups is 1. The topological polar surface area (TPSA) is 116 Å². The molecule has 1 fully saturated rings. The van der Waals surface area contributed by atoms with Crippen molar-refractivity contribution in [2.45, 2.75) is 57.2 Å². The lowest BCUT2D eigenvalue weighted by Gasteiger charge is -2.32. The van der Waals surface area contributed by atoms with E-state index in [1.807, 2.05) is 44.2 Å². The zero-order chi connectivity index (χ0) is 27.6. The molecular weight excluding hydrogens is 513 g/mol. The number of nitrogens with zero attached hydrogens (tertiary/aromatic N) is 2. The maximum Gasteiger partial charge on any atom is 0.472 e. The number of hydrogen-bond donors (Lipinski definition) is 2. The van der Waals surface area contributed by atoms with Crippen LogP contribution >= 0.6 is 7.82 Å². The van der Waals surface area contributed by atoms with E-state index >= 15 is 0 Å². The Morgan fingerprint density at radius 1 is 1.13 bits per heavy atom. The van der Waals surface area contributed by atoms with Crippen LogP contribution in [0.2, 0.25) is 0 Å². The fraction of sp³-hybridized carbons (Fsp3) is 0.333. The number of anilines is 1. The summed E-state index contributed by atoms with van der Waals surface area (Å²) in [7, 11) is -4.17. The first-order valence-corrected chi connectivity index (χ1v) is 14.6. The first kappa shape index (κ1) is 27.3. The van der Waals surface area contributed by atoms with Gasteiger partial charge in [-0.3, -0.25) is 9.05 Å². The monoisotopic (exact) mass is 547 g/mol. The van der Waals surface area contributed by atoms with Crippen molar-refractivity contribution in [3.63, 3.8) is 0 Å². The second kappa shape index (κ2) is 11.1. The van der Waals surface area contributed by atoms with Crippen LogP contribution in [0.25, 0.3) is 0 Å². The molecule has 0 bridgehead atoms. The van der Waals surface area contributed by atoms with Crippen molar-refractivity contribution < 1.29 is 23.2 Å². The molecule has 1 aromatic carbocycles. The lowest BCUT2D eigenvalue weighted by molar-refractivity contribution is 0.0830. The van der Waals surface area contributed by atoms with Gasteiger partial charge in [0.05, 0.1) is 24.1 Å². The van der Waals surface area contributed by atoms with E-state index in [1.54, 1.807) is 12.3 Å². The van der Waals surface area contributed by atoms with Gasteiger partial charge < -0.3 is 15.4 Å². The Morgan fingerprint density at radius 3 is 2.62 bits per heavy atom. The second-order valence-electron chi connectivity index (χ2n) is 10.6. The average Bonchev–Trinajstić information content (AvgIpc) is 3.11. The van der Waals surface area contributed by atoms with Gasteiger partial charge in [-0.25, -0.2) is 14.5 Å². The Labute approximate surface area is 229 Å². The highest BCUT2D eigenvalue weighted by atomic mass is 31.2. The highest BCUT2D eigenvalue weighted by Crippen LogP contribution is 2.48.